The predicted octanol–water partition coefficient (Wildman–Crippen LogP) is 3.82. The van der Waals surface area contributed by atoms with Crippen molar-refractivity contribution < 1.29 is 4.74 Å². The Morgan fingerprint density at radius 3 is 2.44 bits per heavy atom. The molecule has 0 aromatic heterocycles. The summed E-state index contributed by atoms with van der Waals surface area (Å²) in [5.74, 6) is 1.03. The lowest BCUT2D eigenvalue weighted by Crippen LogP contribution is -2.39. The largest absolute Gasteiger partial charge is 0.493 e. The van der Waals surface area contributed by atoms with Gasteiger partial charge in [0.2, 0.25) is 0 Å². The molecule has 0 atom stereocenters. The summed E-state index contributed by atoms with van der Waals surface area (Å²) in [7, 11) is 0. The second kappa shape index (κ2) is 5.31. The molecule has 100 valence electrons. The molecule has 0 aliphatic heterocycles. The van der Waals surface area contributed by atoms with Gasteiger partial charge in [-0.2, -0.15) is 0 Å². The highest BCUT2D eigenvalue weighted by Gasteiger charge is 2.32. The van der Waals surface area contributed by atoms with E-state index in [0.29, 0.717) is 6.61 Å². The van der Waals surface area contributed by atoms with Gasteiger partial charge in [0.05, 0.1) is 6.61 Å². The van der Waals surface area contributed by atoms with Gasteiger partial charge in [-0.3, -0.25) is 0 Å². The van der Waals surface area contributed by atoms with Gasteiger partial charge in [0.1, 0.15) is 5.75 Å². The Labute approximate surface area is 111 Å². The summed E-state index contributed by atoms with van der Waals surface area (Å²) in [6.45, 7) is 7.00. The van der Waals surface area contributed by atoms with Crippen molar-refractivity contribution in [1.29, 1.82) is 0 Å². The summed E-state index contributed by atoms with van der Waals surface area (Å²) in [6.07, 6.45) is 5.93. The quantitative estimate of drug-likeness (QED) is 0.881. The highest BCUT2D eigenvalue weighted by atomic mass is 16.5. The minimum atomic E-state index is -0.179. The molecular weight excluding hydrogens is 222 g/mol. The monoisotopic (exact) mass is 247 g/mol. The molecule has 2 nitrogen and oxygen atoms in total. The number of aryl methyl sites for hydroxylation is 1. The predicted molar refractivity (Wildman–Crippen MR) is 76.0 cm³/mol. The maximum absolute atomic E-state index is 6.65. The van der Waals surface area contributed by atoms with Gasteiger partial charge in [0, 0.05) is 11.1 Å². The van der Waals surface area contributed by atoms with E-state index < -0.39 is 0 Å². The van der Waals surface area contributed by atoms with Crippen LogP contribution in [0.3, 0.4) is 0 Å². The Balaban J connectivity index is 2.45. The molecule has 0 radical (unpaired) electrons. The molecule has 0 heterocycles. The van der Waals surface area contributed by atoms with Crippen LogP contribution >= 0.6 is 0 Å². The van der Waals surface area contributed by atoms with Crippen LogP contribution in [0.1, 0.15) is 55.7 Å². The van der Waals surface area contributed by atoms with Crippen LogP contribution in [0.4, 0.5) is 0 Å². The minimum Gasteiger partial charge on any atom is -0.493 e. The summed E-state index contributed by atoms with van der Waals surface area (Å²) in [5.41, 5.74) is 10.2. The number of ether oxygens (including phenoxy) is 1. The summed E-state index contributed by atoms with van der Waals surface area (Å²) in [5, 5.41) is 0. The van der Waals surface area contributed by atoms with E-state index in [2.05, 4.69) is 26.0 Å². The zero-order valence-corrected chi connectivity index (χ0v) is 11.9. The van der Waals surface area contributed by atoms with Crippen LogP contribution in [0.25, 0.3) is 0 Å². The number of benzene rings is 1. The van der Waals surface area contributed by atoms with Crippen LogP contribution in [0.2, 0.25) is 0 Å². The molecule has 0 bridgehead atoms. The summed E-state index contributed by atoms with van der Waals surface area (Å²) < 4.78 is 5.89. The summed E-state index contributed by atoms with van der Waals surface area (Å²) >= 11 is 0. The van der Waals surface area contributed by atoms with Crippen molar-refractivity contribution in [2.75, 3.05) is 6.61 Å². The Hall–Kier alpha value is -1.02. The summed E-state index contributed by atoms with van der Waals surface area (Å²) in [6, 6.07) is 4.36. The molecule has 0 unspecified atom stereocenters. The Kier molecular flexibility index (Phi) is 3.96. The molecule has 1 aliphatic rings. The maximum Gasteiger partial charge on any atom is 0.127 e. The normalized spacial score (nSPS) is 18.7. The lowest BCUT2D eigenvalue weighted by Gasteiger charge is -2.35. The van der Waals surface area contributed by atoms with Gasteiger partial charge in [-0.05, 0) is 44.7 Å². The van der Waals surface area contributed by atoms with E-state index in [9.17, 15) is 0 Å². The molecule has 1 aromatic carbocycles. The third-order valence-corrected chi connectivity index (χ3v) is 4.25. The first kappa shape index (κ1) is 13.4. The lowest BCUT2D eigenvalue weighted by atomic mass is 9.76. The lowest BCUT2D eigenvalue weighted by molar-refractivity contribution is 0.276. The van der Waals surface area contributed by atoms with Crippen LogP contribution < -0.4 is 10.5 Å². The highest BCUT2D eigenvalue weighted by molar-refractivity contribution is 5.48. The van der Waals surface area contributed by atoms with E-state index in [1.54, 1.807) is 0 Å². The zero-order chi connectivity index (χ0) is 13.2. The average Bonchev–Trinajstić information content (AvgIpc) is 2.36. The van der Waals surface area contributed by atoms with E-state index >= 15 is 0 Å². The fraction of sp³-hybridized carbons (Fsp3) is 0.625. The van der Waals surface area contributed by atoms with Crippen LogP contribution in [0.15, 0.2) is 12.1 Å². The molecule has 1 aromatic rings. The first-order chi connectivity index (χ1) is 8.58. The van der Waals surface area contributed by atoms with E-state index in [1.807, 2.05) is 6.92 Å². The molecule has 2 N–H and O–H groups in total. The Morgan fingerprint density at radius 2 is 1.83 bits per heavy atom. The van der Waals surface area contributed by atoms with Crippen molar-refractivity contribution in [2.24, 2.45) is 5.73 Å². The molecular formula is C16H25NO. The average molecular weight is 247 g/mol. The van der Waals surface area contributed by atoms with Gasteiger partial charge in [0.25, 0.3) is 0 Å². The van der Waals surface area contributed by atoms with Crippen molar-refractivity contribution in [3.8, 4) is 5.75 Å². The van der Waals surface area contributed by atoms with Crippen LogP contribution in [-0.4, -0.2) is 6.61 Å². The van der Waals surface area contributed by atoms with E-state index in [1.165, 1.54) is 36.0 Å². The fourth-order valence-electron chi connectivity index (χ4n) is 2.96. The standard InChI is InChI=1S/C16H25NO/c1-4-18-15-13(3)12(2)8-9-14(15)16(17)10-6-5-7-11-16/h8-9H,4-7,10-11,17H2,1-3H3. The van der Waals surface area contributed by atoms with Crippen LogP contribution in [0.5, 0.6) is 5.75 Å². The first-order valence-corrected chi connectivity index (χ1v) is 7.11. The second-order valence-corrected chi connectivity index (χ2v) is 5.53. The smallest absolute Gasteiger partial charge is 0.127 e. The highest BCUT2D eigenvalue weighted by Crippen LogP contribution is 2.41. The molecule has 2 rings (SSSR count). The molecule has 1 saturated carbocycles. The minimum absolute atomic E-state index is 0.179. The van der Waals surface area contributed by atoms with Crippen molar-refractivity contribution in [3.63, 3.8) is 0 Å². The van der Waals surface area contributed by atoms with Gasteiger partial charge < -0.3 is 10.5 Å². The molecule has 0 spiro atoms. The number of hydrogen-bond donors (Lipinski definition) is 1. The topological polar surface area (TPSA) is 35.2 Å². The third kappa shape index (κ3) is 2.39. The number of nitrogens with two attached hydrogens (primary N) is 1. The third-order valence-electron chi connectivity index (χ3n) is 4.25. The van der Waals surface area contributed by atoms with E-state index in [4.69, 9.17) is 10.5 Å². The second-order valence-electron chi connectivity index (χ2n) is 5.53. The fourth-order valence-corrected chi connectivity index (χ4v) is 2.96. The molecule has 2 heteroatoms. The van der Waals surface area contributed by atoms with E-state index in [0.717, 1.165) is 18.6 Å². The van der Waals surface area contributed by atoms with Crippen LogP contribution in [-0.2, 0) is 5.54 Å². The van der Waals surface area contributed by atoms with E-state index in [-0.39, 0.29) is 5.54 Å². The van der Waals surface area contributed by atoms with Crippen molar-refractivity contribution in [1.82, 2.24) is 0 Å². The molecule has 1 aliphatic carbocycles. The van der Waals surface area contributed by atoms with Crippen LogP contribution in [0, 0.1) is 13.8 Å². The Morgan fingerprint density at radius 1 is 1.17 bits per heavy atom. The van der Waals surface area contributed by atoms with Crippen molar-refractivity contribution >= 4 is 0 Å². The molecule has 1 fully saturated rings. The van der Waals surface area contributed by atoms with Gasteiger partial charge in [0.15, 0.2) is 0 Å². The number of hydrogen-bond acceptors (Lipinski definition) is 2. The van der Waals surface area contributed by atoms with Crippen molar-refractivity contribution in [2.45, 2.75) is 58.4 Å². The first-order valence-electron chi connectivity index (χ1n) is 7.11. The summed E-state index contributed by atoms with van der Waals surface area (Å²) in [4.78, 5) is 0. The molecule has 0 saturated heterocycles. The molecule has 0 amide bonds. The van der Waals surface area contributed by atoms with Gasteiger partial charge in [-0.15, -0.1) is 0 Å². The number of rotatable bonds is 3. The SMILES string of the molecule is CCOc1c(C2(N)CCCCC2)ccc(C)c1C. The Bertz CT molecular complexity index is 419. The molecule has 18 heavy (non-hydrogen) atoms. The van der Waals surface area contributed by atoms with Crippen molar-refractivity contribution in [3.05, 3.63) is 28.8 Å². The van der Waals surface area contributed by atoms with Gasteiger partial charge in [-0.1, -0.05) is 31.4 Å². The maximum atomic E-state index is 6.65. The zero-order valence-electron chi connectivity index (χ0n) is 11.9. The van der Waals surface area contributed by atoms with Gasteiger partial charge in [-0.25, -0.2) is 0 Å². The van der Waals surface area contributed by atoms with Gasteiger partial charge >= 0.3 is 0 Å².